The fraction of sp³-hybridized carbons (Fsp3) is 0.286. The number of hydrogen-bond acceptors (Lipinski definition) is 2. The molecular weight excluding hydrogens is 247 g/mol. The van der Waals surface area contributed by atoms with Crippen LogP contribution in [0.15, 0.2) is 35.9 Å². The van der Waals surface area contributed by atoms with E-state index in [1.807, 2.05) is 13.8 Å². The van der Waals surface area contributed by atoms with E-state index in [9.17, 15) is 14.0 Å². The van der Waals surface area contributed by atoms with Crippen molar-refractivity contribution in [2.24, 2.45) is 5.73 Å². The Morgan fingerprint density at radius 3 is 2.63 bits per heavy atom. The van der Waals surface area contributed by atoms with Crippen LogP contribution in [0.1, 0.15) is 30.6 Å². The SMILES string of the molecule is CC(C)=CC[C@H](NC(=O)c1cccc(F)c1)C(N)=O. The Morgan fingerprint density at radius 1 is 1.42 bits per heavy atom. The van der Waals surface area contributed by atoms with Crippen molar-refractivity contribution in [2.45, 2.75) is 26.3 Å². The molecule has 0 spiro atoms. The summed E-state index contributed by atoms with van der Waals surface area (Å²) in [7, 11) is 0. The van der Waals surface area contributed by atoms with E-state index >= 15 is 0 Å². The quantitative estimate of drug-likeness (QED) is 0.795. The smallest absolute Gasteiger partial charge is 0.252 e. The van der Waals surface area contributed by atoms with Gasteiger partial charge >= 0.3 is 0 Å². The molecule has 0 aliphatic rings. The largest absolute Gasteiger partial charge is 0.368 e. The Kier molecular flexibility index (Phi) is 5.23. The third-order valence-corrected chi connectivity index (χ3v) is 2.50. The molecule has 5 heteroatoms. The third-order valence-electron chi connectivity index (χ3n) is 2.50. The van der Waals surface area contributed by atoms with E-state index in [1.54, 1.807) is 6.08 Å². The average molecular weight is 264 g/mol. The minimum Gasteiger partial charge on any atom is -0.368 e. The molecule has 3 N–H and O–H groups in total. The van der Waals surface area contributed by atoms with Crippen LogP contribution in [-0.4, -0.2) is 17.9 Å². The van der Waals surface area contributed by atoms with Crippen LogP contribution in [0.4, 0.5) is 4.39 Å². The van der Waals surface area contributed by atoms with E-state index in [0.29, 0.717) is 6.42 Å². The maximum atomic E-state index is 13.0. The molecule has 1 aromatic rings. The number of primary amides is 1. The van der Waals surface area contributed by atoms with Crippen molar-refractivity contribution in [1.29, 1.82) is 0 Å². The second-order valence-corrected chi connectivity index (χ2v) is 4.46. The topological polar surface area (TPSA) is 72.2 Å². The van der Waals surface area contributed by atoms with Gasteiger partial charge in [0, 0.05) is 5.56 Å². The van der Waals surface area contributed by atoms with Crippen molar-refractivity contribution < 1.29 is 14.0 Å². The molecule has 0 saturated carbocycles. The standard InChI is InChI=1S/C14H17FN2O2/c1-9(2)6-7-12(13(16)18)17-14(19)10-4-3-5-11(15)8-10/h3-6,8,12H,7H2,1-2H3,(H2,16,18)(H,17,19)/t12-/m0/s1. The van der Waals surface area contributed by atoms with Crippen molar-refractivity contribution >= 4 is 11.8 Å². The van der Waals surface area contributed by atoms with E-state index in [0.717, 1.165) is 11.6 Å². The number of rotatable bonds is 5. The first-order valence-corrected chi connectivity index (χ1v) is 5.89. The van der Waals surface area contributed by atoms with Crippen molar-refractivity contribution in [3.8, 4) is 0 Å². The number of carbonyl (C=O) groups is 2. The Labute approximate surface area is 111 Å². The highest BCUT2D eigenvalue weighted by atomic mass is 19.1. The highest BCUT2D eigenvalue weighted by Crippen LogP contribution is 2.05. The molecule has 0 fully saturated rings. The second kappa shape index (κ2) is 6.68. The summed E-state index contributed by atoms with van der Waals surface area (Å²) < 4.78 is 13.0. The van der Waals surface area contributed by atoms with E-state index in [-0.39, 0.29) is 5.56 Å². The zero-order valence-corrected chi connectivity index (χ0v) is 10.9. The van der Waals surface area contributed by atoms with Crippen LogP contribution in [0, 0.1) is 5.82 Å². The lowest BCUT2D eigenvalue weighted by Crippen LogP contribution is -2.44. The maximum Gasteiger partial charge on any atom is 0.252 e. The Balaban J connectivity index is 2.77. The number of hydrogen-bond donors (Lipinski definition) is 2. The molecule has 0 radical (unpaired) electrons. The summed E-state index contributed by atoms with van der Waals surface area (Å²) in [6.45, 7) is 3.76. The van der Waals surface area contributed by atoms with Gasteiger partial charge in [0.25, 0.3) is 5.91 Å². The van der Waals surface area contributed by atoms with E-state index in [4.69, 9.17) is 5.73 Å². The summed E-state index contributed by atoms with van der Waals surface area (Å²) in [5.74, 6) is -1.65. The number of carbonyl (C=O) groups excluding carboxylic acids is 2. The molecule has 0 aliphatic heterocycles. The minimum atomic E-state index is -0.800. The number of halogens is 1. The molecular formula is C14H17FN2O2. The van der Waals surface area contributed by atoms with Gasteiger partial charge in [-0.2, -0.15) is 0 Å². The summed E-state index contributed by atoms with van der Waals surface area (Å²) in [5.41, 5.74) is 6.40. The van der Waals surface area contributed by atoms with Gasteiger partial charge in [0.15, 0.2) is 0 Å². The number of nitrogens with two attached hydrogens (primary N) is 1. The molecule has 2 amide bonds. The first-order chi connectivity index (χ1) is 8.90. The molecule has 19 heavy (non-hydrogen) atoms. The van der Waals surface area contributed by atoms with E-state index < -0.39 is 23.7 Å². The second-order valence-electron chi connectivity index (χ2n) is 4.46. The van der Waals surface area contributed by atoms with Crippen LogP contribution >= 0.6 is 0 Å². The Hall–Kier alpha value is -2.17. The van der Waals surface area contributed by atoms with Gasteiger partial charge in [-0.3, -0.25) is 9.59 Å². The van der Waals surface area contributed by atoms with E-state index in [2.05, 4.69) is 5.32 Å². The number of nitrogens with one attached hydrogen (secondary N) is 1. The molecule has 1 aromatic carbocycles. The van der Waals surface area contributed by atoms with Gasteiger partial charge in [-0.05, 0) is 38.5 Å². The highest BCUT2D eigenvalue weighted by Gasteiger charge is 2.17. The highest BCUT2D eigenvalue weighted by molar-refractivity contribution is 5.97. The molecule has 4 nitrogen and oxygen atoms in total. The van der Waals surface area contributed by atoms with Gasteiger partial charge in [0.1, 0.15) is 11.9 Å². The maximum absolute atomic E-state index is 13.0. The molecule has 1 atom stereocenters. The summed E-state index contributed by atoms with van der Waals surface area (Å²) >= 11 is 0. The molecule has 0 aromatic heterocycles. The normalized spacial score (nSPS) is 11.5. The summed E-state index contributed by atoms with van der Waals surface area (Å²) in [6, 6.07) is 4.45. The minimum absolute atomic E-state index is 0.156. The monoisotopic (exact) mass is 264 g/mol. The summed E-state index contributed by atoms with van der Waals surface area (Å²) in [6.07, 6.45) is 2.13. The predicted octanol–water partition coefficient (Wildman–Crippen LogP) is 1.77. The number of benzene rings is 1. The zero-order valence-electron chi connectivity index (χ0n) is 10.9. The lowest BCUT2D eigenvalue weighted by Gasteiger charge is -2.14. The zero-order chi connectivity index (χ0) is 14.4. The fourth-order valence-corrected chi connectivity index (χ4v) is 1.47. The first-order valence-electron chi connectivity index (χ1n) is 5.89. The van der Waals surface area contributed by atoms with Crippen molar-refractivity contribution in [1.82, 2.24) is 5.32 Å². The predicted molar refractivity (Wildman–Crippen MR) is 70.9 cm³/mol. The summed E-state index contributed by atoms with van der Waals surface area (Å²) in [4.78, 5) is 23.1. The van der Waals surface area contributed by atoms with Gasteiger partial charge < -0.3 is 11.1 Å². The molecule has 0 unspecified atom stereocenters. The van der Waals surface area contributed by atoms with Gasteiger partial charge in [-0.1, -0.05) is 17.7 Å². The molecule has 1 rings (SSSR count). The third kappa shape index (κ3) is 4.91. The first kappa shape index (κ1) is 14.9. The van der Waals surface area contributed by atoms with Crippen LogP contribution in [0.2, 0.25) is 0 Å². The molecule has 0 bridgehead atoms. The van der Waals surface area contributed by atoms with Crippen molar-refractivity contribution in [2.75, 3.05) is 0 Å². The van der Waals surface area contributed by atoms with Gasteiger partial charge in [-0.15, -0.1) is 0 Å². The lowest BCUT2D eigenvalue weighted by atomic mass is 10.1. The number of allylic oxidation sites excluding steroid dienone is 1. The van der Waals surface area contributed by atoms with E-state index in [1.165, 1.54) is 18.2 Å². The Bertz CT molecular complexity index is 508. The lowest BCUT2D eigenvalue weighted by molar-refractivity contribution is -0.119. The van der Waals surface area contributed by atoms with Crippen LogP contribution in [-0.2, 0) is 4.79 Å². The van der Waals surface area contributed by atoms with Crippen LogP contribution in [0.25, 0.3) is 0 Å². The fourth-order valence-electron chi connectivity index (χ4n) is 1.47. The molecule has 102 valence electrons. The average Bonchev–Trinajstić information content (AvgIpc) is 2.33. The molecule has 0 heterocycles. The van der Waals surface area contributed by atoms with Crippen LogP contribution < -0.4 is 11.1 Å². The van der Waals surface area contributed by atoms with Crippen LogP contribution in [0.5, 0.6) is 0 Å². The molecule has 0 aliphatic carbocycles. The Morgan fingerprint density at radius 2 is 2.11 bits per heavy atom. The van der Waals surface area contributed by atoms with Crippen molar-refractivity contribution in [3.05, 3.63) is 47.3 Å². The van der Waals surface area contributed by atoms with Gasteiger partial charge in [0.05, 0.1) is 0 Å². The van der Waals surface area contributed by atoms with Gasteiger partial charge in [0.2, 0.25) is 5.91 Å². The van der Waals surface area contributed by atoms with Gasteiger partial charge in [-0.25, -0.2) is 4.39 Å². The van der Waals surface area contributed by atoms with Crippen LogP contribution in [0.3, 0.4) is 0 Å². The van der Waals surface area contributed by atoms with Crippen molar-refractivity contribution in [3.63, 3.8) is 0 Å². The summed E-state index contributed by atoms with van der Waals surface area (Å²) in [5, 5.41) is 2.49. The number of amides is 2. The molecule has 0 saturated heterocycles.